The second kappa shape index (κ2) is 8.54. The molecule has 0 radical (unpaired) electrons. The van der Waals surface area contributed by atoms with Crippen LogP contribution in [-0.2, 0) is 14.6 Å². The molecule has 0 bridgehead atoms. The molecule has 0 saturated carbocycles. The Balaban J connectivity index is 2.06. The second-order valence-corrected chi connectivity index (χ2v) is 8.53. The number of nitrogens with one attached hydrogen (secondary N) is 1. The average Bonchev–Trinajstić information content (AvgIpc) is 2.65. The summed E-state index contributed by atoms with van der Waals surface area (Å²) in [5.41, 5.74) is 5.92. The van der Waals surface area contributed by atoms with Crippen LogP contribution < -0.4 is 15.8 Å². The van der Waals surface area contributed by atoms with Crippen LogP contribution in [-0.4, -0.2) is 27.1 Å². The zero-order chi connectivity index (χ0) is 20.1. The van der Waals surface area contributed by atoms with E-state index >= 15 is 0 Å². The van der Waals surface area contributed by atoms with Crippen molar-refractivity contribution in [1.82, 2.24) is 0 Å². The van der Waals surface area contributed by atoms with E-state index in [1.165, 1.54) is 12.1 Å². The topological polar surface area (TPSA) is 98.5 Å². The fourth-order valence-electron chi connectivity index (χ4n) is 2.71. The van der Waals surface area contributed by atoms with E-state index in [1.807, 2.05) is 13.8 Å². The number of ether oxygens (including phenoxy) is 1. The number of hydrogen-bond donors (Lipinski definition) is 2. The second-order valence-electron chi connectivity index (χ2n) is 6.52. The molecule has 0 aliphatic rings. The van der Waals surface area contributed by atoms with Gasteiger partial charge in [-0.3, -0.25) is 4.79 Å². The van der Waals surface area contributed by atoms with Crippen LogP contribution in [0.5, 0.6) is 11.5 Å². The summed E-state index contributed by atoms with van der Waals surface area (Å²) in [6.45, 7) is 4.22. The summed E-state index contributed by atoms with van der Waals surface area (Å²) >= 11 is 0. The van der Waals surface area contributed by atoms with E-state index in [4.69, 9.17) is 10.5 Å². The quantitative estimate of drug-likeness (QED) is 0.718. The molecule has 7 heteroatoms. The lowest BCUT2D eigenvalue weighted by Crippen LogP contribution is -2.41. The van der Waals surface area contributed by atoms with Crippen molar-refractivity contribution in [2.75, 3.05) is 18.1 Å². The minimum Gasteiger partial charge on any atom is -0.457 e. The summed E-state index contributed by atoms with van der Waals surface area (Å²) in [6, 6.07) is 13.2. The molecule has 0 spiro atoms. The molecular weight excluding hydrogens is 364 g/mol. The lowest BCUT2D eigenvalue weighted by atomic mass is 9.81. The predicted octanol–water partition coefficient (Wildman–Crippen LogP) is 3.59. The molecule has 0 aromatic heterocycles. The van der Waals surface area contributed by atoms with Crippen molar-refractivity contribution >= 4 is 21.4 Å². The first-order valence-corrected chi connectivity index (χ1v) is 10.7. The van der Waals surface area contributed by atoms with E-state index in [0.717, 1.165) is 6.26 Å². The van der Waals surface area contributed by atoms with Gasteiger partial charge in [0.1, 0.15) is 11.5 Å². The molecule has 27 heavy (non-hydrogen) atoms. The molecule has 0 aliphatic heterocycles. The number of benzene rings is 2. The van der Waals surface area contributed by atoms with Crippen molar-refractivity contribution < 1.29 is 17.9 Å². The Morgan fingerprint density at radius 2 is 1.48 bits per heavy atom. The summed E-state index contributed by atoms with van der Waals surface area (Å²) < 4.78 is 28.7. The van der Waals surface area contributed by atoms with E-state index in [-0.39, 0.29) is 10.8 Å². The van der Waals surface area contributed by atoms with Crippen LogP contribution in [0.4, 0.5) is 5.69 Å². The van der Waals surface area contributed by atoms with Gasteiger partial charge in [-0.25, -0.2) is 8.42 Å². The van der Waals surface area contributed by atoms with Crippen LogP contribution in [0.1, 0.15) is 26.7 Å². The fraction of sp³-hybridized carbons (Fsp3) is 0.350. The van der Waals surface area contributed by atoms with E-state index in [9.17, 15) is 13.2 Å². The molecular formula is C20H26N2O4S. The molecule has 6 nitrogen and oxygen atoms in total. The molecule has 0 aliphatic carbocycles. The van der Waals surface area contributed by atoms with Crippen molar-refractivity contribution in [2.24, 2.45) is 11.1 Å². The number of anilines is 1. The Labute approximate surface area is 160 Å². The number of nitrogens with two attached hydrogens (primary N) is 1. The first kappa shape index (κ1) is 20.9. The summed E-state index contributed by atoms with van der Waals surface area (Å²) in [7, 11) is -3.23. The molecule has 146 valence electrons. The van der Waals surface area contributed by atoms with Gasteiger partial charge in [0.25, 0.3) is 0 Å². The normalized spacial score (nSPS) is 11.9. The zero-order valence-electron chi connectivity index (χ0n) is 15.9. The van der Waals surface area contributed by atoms with Gasteiger partial charge in [0.05, 0.1) is 10.3 Å². The highest BCUT2D eigenvalue weighted by Crippen LogP contribution is 2.28. The number of amides is 1. The van der Waals surface area contributed by atoms with E-state index in [0.29, 0.717) is 36.6 Å². The maximum Gasteiger partial charge on any atom is 0.231 e. The van der Waals surface area contributed by atoms with Crippen LogP contribution in [0.25, 0.3) is 0 Å². The van der Waals surface area contributed by atoms with Gasteiger partial charge in [0.2, 0.25) is 5.91 Å². The van der Waals surface area contributed by atoms with Gasteiger partial charge in [0.15, 0.2) is 9.84 Å². The van der Waals surface area contributed by atoms with Gasteiger partial charge < -0.3 is 15.8 Å². The van der Waals surface area contributed by atoms with Gasteiger partial charge in [-0.05, 0) is 61.4 Å². The zero-order valence-corrected chi connectivity index (χ0v) is 16.7. The Hall–Kier alpha value is -2.38. The van der Waals surface area contributed by atoms with E-state index in [2.05, 4.69) is 5.32 Å². The average molecular weight is 391 g/mol. The largest absolute Gasteiger partial charge is 0.457 e. The van der Waals surface area contributed by atoms with Crippen molar-refractivity contribution in [3.05, 3.63) is 48.5 Å². The van der Waals surface area contributed by atoms with Crippen LogP contribution in [0.2, 0.25) is 0 Å². The van der Waals surface area contributed by atoms with Crippen molar-refractivity contribution in [3.63, 3.8) is 0 Å². The molecule has 3 N–H and O–H groups in total. The molecule has 0 unspecified atom stereocenters. The third-order valence-corrected chi connectivity index (χ3v) is 5.95. The third-order valence-electron chi connectivity index (χ3n) is 4.83. The molecule has 2 rings (SSSR count). The van der Waals surface area contributed by atoms with Crippen LogP contribution in [0.15, 0.2) is 53.4 Å². The molecule has 2 aromatic carbocycles. The van der Waals surface area contributed by atoms with Gasteiger partial charge in [0, 0.05) is 18.5 Å². The highest BCUT2D eigenvalue weighted by Gasteiger charge is 2.33. The number of sulfone groups is 1. The Bertz CT molecular complexity index is 863. The summed E-state index contributed by atoms with van der Waals surface area (Å²) in [5, 5.41) is 2.91. The van der Waals surface area contributed by atoms with Crippen molar-refractivity contribution in [3.8, 4) is 11.5 Å². The van der Waals surface area contributed by atoms with E-state index in [1.54, 1.807) is 36.4 Å². The molecule has 2 aromatic rings. The molecule has 0 atom stereocenters. The minimum atomic E-state index is -3.23. The van der Waals surface area contributed by atoms with E-state index < -0.39 is 15.3 Å². The number of rotatable bonds is 8. The highest BCUT2D eigenvalue weighted by atomic mass is 32.2. The van der Waals surface area contributed by atoms with Gasteiger partial charge in [-0.15, -0.1) is 0 Å². The van der Waals surface area contributed by atoms with Gasteiger partial charge >= 0.3 is 0 Å². The molecule has 0 saturated heterocycles. The summed E-state index contributed by atoms with van der Waals surface area (Å²) in [5.74, 6) is 1.02. The lowest BCUT2D eigenvalue weighted by Gasteiger charge is -2.28. The Morgan fingerprint density at radius 3 is 1.89 bits per heavy atom. The monoisotopic (exact) mass is 390 g/mol. The maximum absolute atomic E-state index is 12.5. The Morgan fingerprint density at radius 1 is 1.00 bits per heavy atom. The van der Waals surface area contributed by atoms with Crippen molar-refractivity contribution in [1.29, 1.82) is 0 Å². The number of carbonyl (C=O) groups is 1. The predicted molar refractivity (Wildman–Crippen MR) is 107 cm³/mol. The first-order valence-electron chi connectivity index (χ1n) is 8.83. The standard InChI is InChI=1S/C20H26N2O4S/c1-4-20(5-2,14-21)19(23)22-15-6-8-16(9-7-15)26-17-10-12-18(13-11-17)27(3,24)25/h6-13H,4-5,14,21H2,1-3H3,(H,22,23). The first-order chi connectivity index (χ1) is 12.7. The van der Waals surface area contributed by atoms with Crippen LogP contribution in [0.3, 0.4) is 0 Å². The fourth-order valence-corrected chi connectivity index (χ4v) is 3.34. The number of hydrogen-bond acceptors (Lipinski definition) is 5. The maximum atomic E-state index is 12.5. The van der Waals surface area contributed by atoms with Crippen LogP contribution >= 0.6 is 0 Å². The summed E-state index contributed by atoms with van der Waals surface area (Å²) in [6.07, 6.45) is 2.51. The molecule has 0 fully saturated rings. The molecule has 1 amide bonds. The minimum absolute atomic E-state index is 0.0833. The smallest absolute Gasteiger partial charge is 0.231 e. The van der Waals surface area contributed by atoms with Gasteiger partial charge in [-0.2, -0.15) is 0 Å². The van der Waals surface area contributed by atoms with Crippen molar-refractivity contribution in [2.45, 2.75) is 31.6 Å². The van der Waals surface area contributed by atoms with Crippen LogP contribution in [0, 0.1) is 5.41 Å². The lowest BCUT2D eigenvalue weighted by molar-refractivity contribution is -0.125. The summed E-state index contributed by atoms with van der Waals surface area (Å²) in [4.78, 5) is 12.8. The number of carbonyl (C=O) groups excluding carboxylic acids is 1. The van der Waals surface area contributed by atoms with Gasteiger partial charge in [-0.1, -0.05) is 13.8 Å². The highest BCUT2D eigenvalue weighted by molar-refractivity contribution is 7.90. The molecule has 0 heterocycles. The Kier molecular flexibility index (Phi) is 6.62. The third kappa shape index (κ3) is 5.08. The SMILES string of the molecule is CCC(CC)(CN)C(=O)Nc1ccc(Oc2ccc(S(C)(=O)=O)cc2)cc1.